The third-order valence-corrected chi connectivity index (χ3v) is 9.80. The Labute approximate surface area is 326 Å². The number of aromatic nitrogens is 1. The van der Waals surface area contributed by atoms with Gasteiger partial charge >= 0.3 is 18.0 Å². The van der Waals surface area contributed by atoms with Crippen LogP contribution in [-0.4, -0.2) is 86.8 Å². The van der Waals surface area contributed by atoms with Gasteiger partial charge in [0.15, 0.2) is 0 Å². The number of carboxylic acids is 2. The number of rotatable bonds is 16. The van der Waals surface area contributed by atoms with Gasteiger partial charge in [-0.25, -0.2) is 4.79 Å². The van der Waals surface area contributed by atoms with Gasteiger partial charge < -0.3 is 46.3 Å². The molecule has 0 spiro atoms. The number of para-hydroxylation sites is 1. The molecule has 0 fully saturated rings. The maximum atomic E-state index is 14.1. The fourth-order valence-electron chi connectivity index (χ4n) is 6.89. The molecule has 0 saturated carbocycles. The van der Waals surface area contributed by atoms with Gasteiger partial charge in [0.25, 0.3) is 0 Å². The minimum absolute atomic E-state index is 0.0348. The van der Waals surface area contributed by atoms with E-state index < -0.39 is 66.3 Å². The Bertz CT molecular complexity index is 2260. The van der Waals surface area contributed by atoms with Gasteiger partial charge in [0.05, 0.1) is 6.42 Å². The van der Waals surface area contributed by atoms with Crippen molar-refractivity contribution in [1.29, 1.82) is 0 Å². The average molecular weight is 776 g/mol. The van der Waals surface area contributed by atoms with Crippen molar-refractivity contribution in [2.75, 3.05) is 6.61 Å². The van der Waals surface area contributed by atoms with Gasteiger partial charge in [0.2, 0.25) is 17.7 Å². The summed E-state index contributed by atoms with van der Waals surface area (Å²) in [5.74, 6) is -5.75. The van der Waals surface area contributed by atoms with Crippen LogP contribution in [-0.2, 0) is 41.6 Å². The van der Waals surface area contributed by atoms with E-state index in [-0.39, 0.29) is 31.1 Å². The number of aromatic hydroxyl groups is 1. The summed E-state index contributed by atoms with van der Waals surface area (Å²) < 4.78 is 5.57. The van der Waals surface area contributed by atoms with Crippen LogP contribution in [0.15, 0.2) is 103 Å². The lowest BCUT2D eigenvalue weighted by Gasteiger charge is -2.25. The molecule has 6 rings (SSSR count). The number of aliphatic carboxylic acids is 2. The topological polar surface area (TPSA) is 236 Å². The lowest BCUT2D eigenvalue weighted by Crippen LogP contribution is -2.58. The second kappa shape index (κ2) is 17.5. The van der Waals surface area contributed by atoms with E-state index in [0.717, 1.165) is 33.2 Å². The number of phenols is 1. The van der Waals surface area contributed by atoms with E-state index in [2.05, 4.69) is 26.3 Å². The first-order valence-electron chi connectivity index (χ1n) is 18.2. The van der Waals surface area contributed by atoms with Crippen molar-refractivity contribution in [1.82, 2.24) is 26.3 Å². The number of hydrogen-bond donors (Lipinski definition) is 8. The van der Waals surface area contributed by atoms with E-state index in [4.69, 9.17) is 4.74 Å². The van der Waals surface area contributed by atoms with Crippen LogP contribution in [0, 0.1) is 0 Å². The molecule has 1 aliphatic rings. The maximum Gasteiger partial charge on any atom is 0.407 e. The highest BCUT2D eigenvalue weighted by molar-refractivity contribution is 5.96. The summed E-state index contributed by atoms with van der Waals surface area (Å²) in [5.41, 5.74) is 5.77. The van der Waals surface area contributed by atoms with Gasteiger partial charge in [0, 0.05) is 35.9 Å². The fraction of sp³-hybridized carbons (Fsp3) is 0.238. The third-order valence-electron chi connectivity index (χ3n) is 9.80. The quantitative estimate of drug-likeness (QED) is 0.0725. The summed E-state index contributed by atoms with van der Waals surface area (Å²) in [6.07, 6.45) is -0.505. The number of carbonyl (C=O) groups excluding carboxylic acids is 4. The van der Waals surface area contributed by atoms with E-state index in [1.807, 2.05) is 60.7 Å². The van der Waals surface area contributed by atoms with Crippen molar-refractivity contribution in [2.45, 2.75) is 56.3 Å². The molecule has 4 atom stereocenters. The van der Waals surface area contributed by atoms with Crippen molar-refractivity contribution >= 4 is 46.7 Å². The fourth-order valence-corrected chi connectivity index (χ4v) is 6.89. The average Bonchev–Trinajstić information content (AvgIpc) is 3.75. The third kappa shape index (κ3) is 9.57. The van der Waals surface area contributed by atoms with Crippen LogP contribution in [0.2, 0.25) is 0 Å². The number of alkyl carbamates (subject to hydrolysis) is 1. The zero-order chi connectivity index (χ0) is 40.6. The van der Waals surface area contributed by atoms with Gasteiger partial charge in [-0.2, -0.15) is 0 Å². The summed E-state index contributed by atoms with van der Waals surface area (Å²) in [7, 11) is 0. The molecule has 57 heavy (non-hydrogen) atoms. The summed E-state index contributed by atoms with van der Waals surface area (Å²) >= 11 is 0. The van der Waals surface area contributed by atoms with Gasteiger partial charge in [-0.3, -0.25) is 24.0 Å². The molecule has 1 aromatic heterocycles. The second-order valence-electron chi connectivity index (χ2n) is 13.7. The highest BCUT2D eigenvalue weighted by atomic mass is 16.5. The molecule has 0 unspecified atom stereocenters. The summed E-state index contributed by atoms with van der Waals surface area (Å²) in [5, 5.41) is 39.5. The van der Waals surface area contributed by atoms with Crippen molar-refractivity contribution in [3.05, 3.63) is 126 Å². The molecule has 15 heteroatoms. The van der Waals surface area contributed by atoms with Crippen molar-refractivity contribution in [3.8, 4) is 16.9 Å². The molecule has 0 radical (unpaired) electrons. The van der Waals surface area contributed by atoms with Crippen LogP contribution >= 0.6 is 0 Å². The Hall–Kier alpha value is -7.16. The zero-order valence-electron chi connectivity index (χ0n) is 30.7. The molecular weight excluding hydrogens is 734 g/mol. The minimum Gasteiger partial charge on any atom is -0.508 e. The number of amides is 4. The Morgan fingerprint density at radius 3 is 1.88 bits per heavy atom. The van der Waals surface area contributed by atoms with Gasteiger partial charge in [-0.15, -0.1) is 0 Å². The number of nitrogens with one attached hydrogen (secondary N) is 5. The smallest absolute Gasteiger partial charge is 0.407 e. The van der Waals surface area contributed by atoms with Crippen molar-refractivity contribution < 1.29 is 48.8 Å². The van der Waals surface area contributed by atoms with Crippen LogP contribution in [0.4, 0.5) is 4.79 Å². The predicted octanol–water partition coefficient (Wildman–Crippen LogP) is 3.60. The van der Waals surface area contributed by atoms with Crippen LogP contribution in [0.1, 0.15) is 41.5 Å². The van der Waals surface area contributed by atoms with Gasteiger partial charge in [-0.05, 0) is 58.5 Å². The van der Waals surface area contributed by atoms with Crippen LogP contribution in [0.25, 0.3) is 22.0 Å². The lowest BCUT2D eigenvalue weighted by atomic mass is 9.98. The zero-order valence-corrected chi connectivity index (χ0v) is 30.7. The van der Waals surface area contributed by atoms with Gasteiger partial charge in [0.1, 0.15) is 36.5 Å². The first-order valence-corrected chi connectivity index (χ1v) is 18.2. The van der Waals surface area contributed by atoms with E-state index in [0.29, 0.717) is 11.1 Å². The highest BCUT2D eigenvalue weighted by Crippen LogP contribution is 2.44. The molecule has 8 N–H and O–H groups in total. The first kappa shape index (κ1) is 39.5. The number of phenolic OH excluding ortho intramolecular Hbond substituents is 1. The Kier molecular flexibility index (Phi) is 12.2. The highest BCUT2D eigenvalue weighted by Gasteiger charge is 2.34. The normalized spacial score (nSPS) is 13.9. The Morgan fingerprint density at radius 1 is 0.684 bits per heavy atom. The number of benzene rings is 4. The predicted molar refractivity (Wildman–Crippen MR) is 207 cm³/mol. The molecule has 0 bridgehead atoms. The number of carbonyl (C=O) groups is 6. The number of aromatic amines is 1. The van der Waals surface area contributed by atoms with E-state index in [1.165, 1.54) is 31.2 Å². The molecule has 4 aromatic carbocycles. The Morgan fingerprint density at radius 2 is 1.25 bits per heavy atom. The van der Waals surface area contributed by atoms with Crippen molar-refractivity contribution in [2.24, 2.45) is 0 Å². The molecule has 1 heterocycles. The van der Waals surface area contributed by atoms with Crippen LogP contribution in [0.3, 0.4) is 0 Å². The lowest BCUT2D eigenvalue weighted by molar-refractivity contribution is -0.141. The summed E-state index contributed by atoms with van der Waals surface area (Å²) in [6, 6.07) is 22.7. The second-order valence-corrected chi connectivity index (χ2v) is 13.7. The number of hydrogen-bond acceptors (Lipinski definition) is 8. The molecule has 0 aliphatic heterocycles. The van der Waals surface area contributed by atoms with Gasteiger partial charge in [-0.1, -0.05) is 78.9 Å². The molecule has 4 amide bonds. The summed E-state index contributed by atoms with van der Waals surface area (Å²) in [4.78, 5) is 81.2. The van der Waals surface area contributed by atoms with E-state index >= 15 is 0 Å². The number of fused-ring (bicyclic) bond motifs is 4. The van der Waals surface area contributed by atoms with E-state index in [1.54, 1.807) is 18.3 Å². The van der Waals surface area contributed by atoms with Crippen LogP contribution < -0.4 is 21.3 Å². The maximum absolute atomic E-state index is 14.1. The number of H-pyrrole nitrogens is 1. The largest absolute Gasteiger partial charge is 0.508 e. The Balaban J connectivity index is 1.21. The standard InChI is InChI=1S/C42H41N5O10/c1-23(41(54)55)44-38(51)34(18-24-14-16-26(48)17-15-24)45-39(52)35(19-25-21-43-33-13-7-6-8-27(25)33)46-40(53)36(20-37(49)50)47-42(56)57-22-32-30-11-4-2-9-28(30)29-10-3-5-12-31(29)32/h2-17,21,23,32,34-36,43,48H,18-20,22H2,1H3,(H,44,51)(H,45,52)(H,46,53)(H,47,56)(H,49,50)(H,54,55)/t23-,34-,35-,36-/m0/s1. The van der Waals surface area contributed by atoms with E-state index in [9.17, 15) is 44.1 Å². The van der Waals surface area contributed by atoms with Crippen molar-refractivity contribution in [3.63, 3.8) is 0 Å². The SMILES string of the molecule is C[C@H](NC(=O)[C@H](Cc1ccc(O)cc1)NC(=O)[C@H](Cc1c[nH]c2ccccc12)NC(=O)[C@H](CC(=O)O)NC(=O)OCC1c2ccccc2-c2ccccc21)C(=O)O. The molecule has 294 valence electrons. The first-order chi connectivity index (χ1) is 27.4. The summed E-state index contributed by atoms with van der Waals surface area (Å²) in [6.45, 7) is 1.16. The van der Waals surface area contributed by atoms with Crippen LogP contribution in [0.5, 0.6) is 5.75 Å². The molecule has 15 nitrogen and oxygen atoms in total. The monoisotopic (exact) mass is 775 g/mol. The number of carboxylic acid groups (broad SMARTS) is 2. The minimum atomic E-state index is -1.68. The molecular formula is C42H41N5O10. The molecule has 0 saturated heterocycles. The molecule has 1 aliphatic carbocycles. The molecule has 5 aromatic rings. The number of ether oxygens (including phenoxy) is 1.